The van der Waals surface area contributed by atoms with Gasteiger partial charge in [0.05, 0.1) is 11.3 Å². The van der Waals surface area contributed by atoms with E-state index in [1.165, 1.54) is 16.9 Å². The molecular formula is C31H38N4O3. The van der Waals surface area contributed by atoms with E-state index in [4.69, 9.17) is 4.98 Å². The summed E-state index contributed by atoms with van der Waals surface area (Å²) in [6, 6.07) is 18.4. The lowest BCUT2D eigenvalue weighted by molar-refractivity contribution is -0.137. The molecule has 4 rings (SSSR count). The quantitative estimate of drug-likeness (QED) is 0.380. The van der Waals surface area contributed by atoms with Gasteiger partial charge in [-0.25, -0.2) is 9.97 Å². The number of hydrogen-bond acceptors (Lipinski definition) is 5. The molecule has 0 radical (unpaired) electrons. The Balaban J connectivity index is 1.61. The lowest BCUT2D eigenvalue weighted by Gasteiger charge is -2.29. The molecule has 200 valence electrons. The Labute approximate surface area is 225 Å². The fourth-order valence-electron chi connectivity index (χ4n) is 5.20. The average molecular weight is 515 g/mol. The second-order valence-electron chi connectivity index (χ2n) is 10.4. The fourth-order valence-corrected chi connectivity index (χ4v) is 5.20. The van der Waals surface area contributed by atoms with E-state index < -0.39 is 5.97 Å². The fraction of sp³-hybridized carbons (Fsp3) is 0.419. The molecule has 1 aliphatic carbocycles. The highest BCUT2D eigenvalue weighted by molar-refractivity contribution is 5.96. The number of carbonyl (C=O) groups excluding carboxylic acids is 1. The number of nitrogens with zero attached hydrogens (tertiary/aromatic N) is 4. The summed E-state index contributed by atoms with van der Waals surface area (Å²) in [7, 11) is 1.95. The lowest BCUT2D eigenvalue weighted by Crippen LogP contribution is -2.40. The van der Waals surface area contributed by atoms with Crippen LogP contribution in [-0.2, 0) is 17.6 Å². The molecule has 38 heavy (non-hydrogen) atoms. The van der Waals surface area contributed by atoms with Crippen molar-refractivity contribution in [2.24, 2.45) is 5.92 Å². The number of carboxylic acids is 1. The third-order valence-electron chi connectivity index (χ3n) is 7.28. The predicted molar refractivity (Wildman–Crippen MR) is 150 cm³/mol. The first-order valence-corrected chi connectivity index (χ1v) is 13.6. The van der Waals surface area contributed by atoms with Crippen LogP contribution >= 0.6 is 0 Å². The highest BCUT2D eigenvalue weighted by Crippen LogP contribution is 2.26. The van der Waals surface area contributed by atoms with Gasteiger partial charge in [0.1, 0.15) is 6.54 Å². The van der Waals surface area contributed by atoms with E-state index in [-0.39, 0.29) is 12.5 Å². The topological polar surface area (TPSA) is 86.6 Å². The van der Waals surface area contributed by atoms with Crippen LogP contribution in [0.5, 0.6) is 0 Å². The molecule has 1 amide bonds. The molecule has 0 bridgehead atoms. The van der Waals surface area contributed by atoms with Gasteiger partial charge in [-0.1, -0.05) is 79.4 Å². The maximum absolute atomic E-state index is 13.8. The van der Waals surface area contributed by atoms with Crippen molar-refractivity contribution in [2.75, 3.05) is 31.6 Å². The van der Waals surface area contributed by atoms with Crippen molar-refractivity contribution < 1.29 is 14.7 Å². The van der Waals surface area contributed by atoms with Crippen LogP contribution in [-0.4, -0.2) is 58.5 Å². The summed E-state index contributed by atoms with van der Waals surface area (Å²) in [6.07, 6.45) is 8.43. The highest BCUT2D eigenvalue weighted by atomic mass is 16.4. The molecule has 1 N–H and O–H groups in total. The first-order chi connectivity index (χ1) is 18.4. The second-order valence-corrected chi connectivity index (χ2v) is 10.4. The molecule has 1 heterocycles. The molecule has 2 aromatic carbocycles. The van der Waals surface area contributed by atoms with Gasteiger partial charge in [0, 0.05) is 32.8 Å². The SMILES string of the molecule is Cc1cccc(Cc2nc(N(C)CCc3ccccc3)ncc2C(=O)N(CC(=O)O)CC2CCCCC2)c1. The molecule has 1 aromatic heterocycles. The summed E-state index contributed by atoms with van der Waals surface area (Å²) in [6.45, 7) is 2.90. The Morgan fingerprint density at radius 1 is 1.00 bits per heavy atom. The standard InChI is InChI=1S/C31H38N4O3/c1-23-10-9-15-26(18-23)19-28-27(30(38)35(22-29(36)37)21-25-13-7-4-8-14-25)20-32-31(33-28)34(2)17-16-24-11-5-3-6-12-24/h3,5-6,9-12,15,18,20,25H,4,7-8,13-14,16-17,19,21-22H2,1-2H3,(H,36,37). The van der Waals surface area contributed by atoms with E-state index in [0.29, 0.717) is 36.1 Å². The maximum atomic E-state index is 13.8. The number of rotatable bonds is 11. The number of amides is 1. The zero-order valence-corrected chi connectivity index (χ0v) is 22.5. The minimum absolute atomic E-state index is 0.306. The molecule has 0 unspecified atom stereocenters. The molecular weight excluding hydrogens is 476 g/mol. The van der Waals surface area contributed by atoms with Gasteiger partial charge in [0.2, 0.25) is 5.95 Å². The number of hydrogen-bond donors (Lipinski definition) is 1. The number of aromatic nitrogens is 2. The number of benzene rings is 2. The van der Waals surface area contributed by atoms with Crippen molar-refractivity contribution in [1.82, 2.24) is 14.9 Å². The van der Waals surface area contributed by atoms with Crippen molar-refractivity contribution >= 4 is 17.8 Å². The van der Waals surface area contributed by atoms with Crippen molar-refractivity contribution in [2.45, 2.75) is 51.9 Å². The molecule has 7 heteroatoms. The van der Waals surface area contributed by atoms with Crippen molar-refractivity contribution in [1.29, 1.82) is 0 Å². The molecule has 0 atom stereocenters. The molecule has 1 fully saturated rings. The number of aliphatic carboxylic acids is 1. The van der Waals surface area contributed by atoms with Crippen LogP contribution in [0.25, 0.3) is 0 Å². The largest absolute Gasteiger partial charge is 0.480 e. The van der Waals surface area contributed by atoms with E-state index in [0.717, 1.165) is 49.8 Å². The zero-order valence-electron chi connectivity index (χ0n) is 22.5. The van der Waals surface area contributed by atoms with Gasteiger partial charge >= 0.3 is 5.97 Å². The minimum atomic E-state index is -1.01. The van der Waals surface area contributed by atoms with Crippen LogP contribution in [0.2, 0.25) is 0 Å². The van der Waals surface area contributed by atoms with E-state index >= 15 is 0 Å². The van der Waals surface area contributed by atoms with Crippen molar-refractivity contribution in [3.63, 3.8) is 0 Å². The van der Waals surface area contributed by atoms with E-state index in [9.17, 15) is 14.7 Å². The summed E-state index contributed by atoms with van der Waals surface area (Å²) in [5, 5.41) is 9.58. The van der Waals surface area contributed by atoms with Crippen molar-refractivity contribution in [3.05, 3.63) is 88.7 Å². The Hall–Kier alpha value is -3.74. The normalized spacial score (nSPS) is 13.7. The first kappa shape index (κ1) is 27.3. The van der Waals surface area contributed by atoms with Gasteiger partial charge in [-0.15, -0.1) is 0 Å². The number of anilines is 1. The van der Waals surface area contributed by atoms with Gasteiger partial charge in [-0.05, 0) is 43.2 Å². The summed E-state index contributed by atoms with van der Waals surface area (Å²) < 4.78 is 0. The number of aryl methyl sites for hydroxylation is 1. The number of likely N-dealkylation sites (N-methyl/N-ethyl adjacent to an activating group) is 1. The summed E-state index contributed by atoms with van der Waals surface area (Å²) in [5.74, 6) is -0.430. The van der Waals surface area contributed by atoms with Crippen LogP contribution in [0.3, 0.4) is 0 Å². The number of carbonyl (C=O) groups is 2. The molecule has 7 nitrogen and oxygen atoms in total. The molecule has 0 spiro atoms. The molecule has 0 saturated heterocycles. The second kappa shape index (κ2) is 13.2. The third kappa shape index (κ3) is 7.63. The maximum Gasteiger partial charge on any atom is 0.323 e. The molecule has 1 saturated carbocycles. The Morgan fingerprint density at radius 3 is 2.45 bits per heavy atom. The van der Waals surface area contributed by atoms with E-state index in [1.807, 2.05) is 55.3 Å². The van der Waals surface area contributed by atoms with E-state index in [1.54, 1.807) is 6.20 Å². The summed E-state index contributed by atoms with van der Waals surface area (Å²) >= 11 is 0. The van der Waals surface area contributed by atoms with Crippen LogP contribution in [0, 0.1) is 12.8 Å². The van der Waals surface area contributed by atoms with E-state index in [2.05, 4.69) is 23.2 Å². The average Bonchev–Trinajstić information content (AvgIpc) is 2.92. The Morgan fingerprint density at radius 2 is 1.74 bits per heavy atom. The molecule has 3 aromatic rings. The lowest BCUT2D eigenvalue weighted by atomic mass is 9.89. The summed E-state index contributed by atoms with van der Waals surface area (Å²) in [5.41, 5.74) is 4.42. The highest BCUT2D eigenvalue weighted by Gasteiger charge is 2.27. The minimum Gasteiger partial charge on any atom is -0.480 e. The smallest absolute Gasteiger partial charge is 0.323 e. The van der Waals surface area contributed by atoms with Crippen molar-refractivity contribution in [3.8, 4) is 0 Å². The third-order valence-corrected chi connectivity index (χ3v) is 7.28. The van der Waals surface area contributed by atoms with Gasteiger partial charge in [-0.3, -0.25) is 9.59 Å². The Bertz CT molecular complexity index is 1220. The van der Waals surface area contributed by atoms with Gasteiger partial charge in [0.25, 0.3) is 5.91 Å². The van der Waals surface area contributed by atoms with Crippen LogP contribution in [0.4, 0.5) is 5.95 Å². The van der Waals surface area contributed by atoms with Crippen LogP contribution < -0.4 is 4.90 Å². The molecule has 1 aliphatic rings. The molecule has 0 aliphatic heterocycles. The van der Waals surface area contributed by atoms with Crippen LogP contribution in [0.1, 0.15) is 64.8 Å². The van der Waals surface area contributed by atoms with Gasteiger partial charge in [0.15, 0.2) is 0 Å². The van der Waals surface area contributed by atoms with Gasteiger partial charge < -0.3 is 14.9 Å². The van der Waals surface area contributed by atoms with Gasteiger partial charge in [-0.2, -0.15) is 0 Å². The Kier molecular flexibility index (Phi) is 9.46. The summed E-state index contributed by atoms with van der Waals surface area (Å²) in [4.78, 5) is 38.4. The van der Waals surface area contributed by atoms with Crippen LogP contribution in [0.15, 0.2) is 60.8 Å². The first-order valence-electron chi connectivity index (χ1n) is 13.6. The predicted octanol–water partition coefficient (Wildman–Crippen LogP) is 5.16. The monoisotopic (exact) mass is 514 g/mol. The zero-order chi connectivity index (χ0) is 26.9. The number of carboxylic acid groups (broad SMARTS) is 1.